The maximum absolute atomic E-state index is 13.1. The highest BCUT2D eigenvalue weighted by molar-refractivity contribution is 6.32. The maximum Gasteiger partial charge on any atom is 0.335 e. The van der Waals surface area contributed by atoms with Crippen LogP contribution in [-0.2, 0) is 0 Å². The molecule has 1 amide bonds. The Kier molecular flexibility index (Phi) is 4.20. The lowest BCUT2D eigenvalue weighted by molar-refractivity contribution is 0.0696. The van der Waals surface area contributed by atoms with Crippen molar-refractivity contribution in [3.05, 3.63) is 94.0 Å². The van der Waals surface area contributed by atoms with E-state index in [1.165, 1.54) is 42.5 Å². The van der Waals surface area contributed by atoms with E-state index in [0.717, 1.165) is 0 Å². The van der Waals surface area contributed by atoms with Crippen molar-refractivity contribution in [3.63, 3.8) is 0 Å². The summed E-state index contributed by atoms with van der Waals surface area (Å²) >= 11 is 0. The van der Waals surface area contributed by atoms with Gasteiger partial charge in [-0.05, 0) is 30.3 Å². The van der Waals surface area contributed by atoms with Crippen molar-refractivity contribution in [2.75, 3.05) is 11.1 Å². The Labute approximate surface area is 164 Å². The molecule has 142 valence electrons. The third kappa shape index (κ3) is 2.94. The highest BCUT2D eigenvalue weighted by Gasteiger charge is 2.33. The summed E-state index contributed by atoms with van der Waals surface area (Å²) in [5.74, 6) is -2.57. The van der Waals surface area contributed by atoms with Crippen molar-refractivity contribution >= 4 is 34.8 Å². The Morgan fingerprint density at radius 1 is 0.793 bits per heavy atom. The van der Waals surface area contributed by atoms with E-state index in [0.29, 0.717) is 0 Å². The summed E-state index contributed by atoms with van der Waals surface area (Å²) in [6.07, 6.45) is 0. The number of rotatable bonds is 3. The van der Waals surface area contributed by atoms with Gasteiger partial charge in [0, 0.05) is 22.4 Å². The first-order valence-electron chi connectivity index (χ1n) is 8.64. The molecular weight excluding hydrogens is 372 g/mol. The van der Waals surface area contributed by atoms with Gasteiger partial charge in [-0.1, -0.05) is 30.3 Å². The summed E-state index contributed by atoms with van der Waals surface area (Å²) in [7, 11) is 0. The Balaban J connectivity index is 1.76. The highest BCUT2D eigenvalue weighted by Crippen LogP contribution is 2.34. The lowest BCUT2D eigenvalue weighted by Gasteiger charge is -2.21. The molecule has 4 rings (SSSR count). The second-order valence-corrected chi connectivity index (χ2v) is 6.50. The van der Waals surface area contributed by atoms with E-state index in [4.69, 9.17) is 10.8 Å². The normalized spacial score (nSPS) is 12.1. The third-order valence-electron chi connectivity index (χ3n) is 4.72. The van der Waals surface area contributed by atoms with Crippen molar-refractivity contribution in [1.82, 2.24) is 0 Å². The summed E-state index contributed by atoms with van der Waals surface area (Å²) < 4.78 is 0. The number of hydrogen-bond donors (Lipinski definition) is 3. The van der Waals surface area contributed by atoms with Crippen LogP contribution in [0.15, 0.2) is 60.7 Å². The minimum absolute atomic E-state index is 0.0385. The van der Waals surface area contributed by atoms with E-state index in [9.17, 15) is 19.2 Å². The molecule has 0 aliphatic heterocycles. The minimum atomic E-state index is -1.16. The number of aromatic carboxylic acids is 1. The number of anilines is 2. The van der Waals surface area contributed by atoms with Crippen LogP contribution in [-0.4, -0.2) is 28.5 Å². The number of amides is 1. The number of carboxylic acid groups (broad SMARTS) is 1. The molecule has 0 atom stereocenters. The van der Waals surface area contributed by atoms with E-state index in [1.54, 1.807) is 18.2 Å². The molecule has 7 nitrogen and oxygen atoms in total. The van der Waals surface area contributed by atoms with Crippen molar-refractivity contribution in [2.45, 2.75) is 0 Å². The molecule has 1 aliphatic rings. The third-order valence-corrected chi connectivity index (χ3v) is 4.72. The number of nitrogen functional groups attached to an aromatic ring is 1. The molecule has 7 heteroatoms. The summed E-state index contributed by atoms with van der Waals surface area (Å²) in [5, 5.41) is 11.7. The van der Waals surface area contributed by atoms with Gasteiger partial charge in [0.05, 0.1) is 22.4 Å². The molecule has 29 heavy (non-hydrogen) atoms. The smallest absolute Gasteiger partial charge is 0.335 e. The first kappa shape index (κ1) is 18.1. The fourth-order valence-corrected chi connectivity index (χ4v) is 3.36. The molecule has 1 aliphatic carbocycles. The summed E-state index contributed by atoms with van der Waals surface area (Å²) in [6.45, 7) is 0. The van der Waals surface area contributed by atoms with Crippen molar-refractivity contribution in [3.8, 4) is 0 Å². The molecule has 0 spiro atoms. The Morgan fingerprint density at radius 3 is 2.10 bits per heavy atom. The zero-order valence-electron chi connectivity index (χ0n) is 14.9. The molecule has 4 N–H and O–H groups in total. The molecule has 3 aromatic carbocycles. The lowest BCUT2D eigenvalue weighted by Crippen LogP contribution is -2.25. The molecule has 0 fully saturated rings. The van der Waals surface area contributed by atoms with Crippen LogP contribution in [0.4, 0.5) is 11.4 Å². The summed E-state index contributed by atoms with van der Waals surface area (Å²) in [5.41, 5.74) is 6.91. The summed E-state index contributed by atoms with van der Waals surface area (Å²) in [4.78, 5) is 49.7. The fraction of sp³-hybridized carbons (Fsp3) is 0. The summed E-state index contributed by atoms with van der Waals surface area (Å²) in [6, 6.07) is 14.7. The number of nitrogens with two attached hydrogens (primary N) is 1. The quantitative estimate of drug-likeness (QED) is 0.465. The van der Waals surface area contributed by atoms with Crippen LogP contribution in [0.5, 0.6) is 0 Å². The Hall–Kier alpha value is -4.26. The number of nitrogens with one attached hydrogen (secondary N) is 1. The second-order valence-electron chi connectivity index (χ2n) is 6.50. The van der Waals surface area contributed by atoms with Gasteiger partial charge in [-0.25, -0.2) is 4.79 Å². The van der Waals surface area contributed by atoms with Gasteiger partial charge in [-0.15, -0.1) is 0 Å². The SMILES string of the molecule is Nc1cccc2c1C(=O)c1cccc(NC(=O)c3cccc(C(=O)O)c3)c1C2=O. The van der Waals surface area contributed by atoms with Crippen LogP contribution >= 0.6 is 0 Å². The van der Waals surface area contributed by atoms with Crippen LogP contribution in [0.2, 0.25) is 0 Å². The van der Waals surface area contributed by atoms with Gasteiger partial charge in [0.15, 0.2) is 11.6 Å². The zero-order chi connectivity index (χ0) is 20.7. The number of carbonyl (C=O) groups is 4. The Bertz CT molecular complexity index is 1230. The molecular formula is C22H14N2O5. The van der Waals surface area contributed by atoms with Gasteiger partial charge in [0.1, 0.15) is 0 Å². The molecule has 3 aromatic rings. The predicted octanol–water partition coefficient (Wildman–Crippen LogP) is 2.99. The van der Waals surface area contributed by atoms with Crippen LogP contribution in [0, 0.1) is 0 Å². The van der Waals surface area contributed by atoms with Crippen LogP contribution in [0.25, 0.3) is 0 Å². The van der Waals surface area contributed by atoms with Crippen LogP contribution in [0.3, 0.4) is 0 Å². The first-order chi connectivity index (χ1) is 13.9. The van der Waals surface area contributed by atoms with Gasteiger partial charge < -0.3 is 16.2 Å². The van der Waals surface area contributed by atoms with Gasteiger partial charge in [-0.3, -0.25) is 14.4 Å². The van der Waals surface area contributed by atoms with E-state index >= 15 is 0 Å². The largest absolute Gasteiger partial charge is 0.478 e. The first-order valence-corrected chi connectivity index (χ1v) is 8.64. The van der Waals surface area contributed by atoms with Gasteiger partial charge in [-0.2, -0.15) is 0 Å². The maximum atomic E-state index is 13.1. The van der Waals surface area contributed by atoms with Gasteiger partial charge in [0.2, 0.25) is 0 Å². The molecule has 0 aromatic heterocycles. The standard InChI is InChI=1S/C22H14N2O5/c23-15-8-2-6-13-17(15)19(25)14-7-3-9-16(18(14)20(13)26)24-21(27)11-4-1-5-12(10-11)22(28)29/h1-10H,23H2,(H,24,27)(H,28,29). The number of carboxylic acids is 1. The Morgan fingerprint density at radius 2 is 1.38 bits per heavy atom. The molecule has 0 heterocycles. The second kappa shape index (κ2) is 6.72. The lowest BCUT2D eigenvalue weighted by atomic mass is 9.82. The fourth-order valence-electron chi connectivity index (χ4n) is 3.36. The van der Waals surface area contributed by atoms with Crippen molar-refractivity contribution in [1.29, 1.82) is 0 Å². The van der Waals surface area contributed by atoms with E-state index < -0.39 is 23.4 Å². The van der Waals surface area contributed by atoms with Crippen LogP contribution < -0.4 is 11.1 Å². The number of hydrogen-bond acceptors (Lipinski definition) is 5. The monoisotopic (exact) mass is 386 g/mol. The zero-order valence-corrected chi connectivity index (χ0v) is 14.9. The van der Waals surface area contributed by atoms with E-state index in [1.807, 2.05) is 0 Å². The number of carbonyl (C=O) groups excluding carboxylic acids is 3. The van der Waals surface area contributed by atoms with Gasteiger partial charge >= 0.3 is 5.97 Å². The average Bonchev–Trinajstić information content (AvgIpc) is 2.71. The number of fused-ring (bicyclic) bond motifs is 2. The van der Waals surface area contributed by atoms with E-state index in [2.05, 4.69) is 5.32 Å². The molecule has 0 bridgehead atoms. The van der Waals surface area contributed by atoms with Gasteiger partial charge in [0.25, 0.3) is 5.91 Å². The number of benzene rings is 3. The predicted molar refractivity (Wildman–Crippen MR) is 106 cm³/mol. The molecule has 0 radical (unpaired) electrons. The van der Waals surface area contributed by atoms with Crippen LogP contribution in [0.1, 0.15) is 52.6 Å². The molecule has 0 unspecified atom stereocenters. The minimum Gasteiger partial charge on any atom is -0.478 e. The van der Waals surface area contributed by atoms with Crippen molar-refractivity contribution in [2.24, 2.45) is 0 Å². The topological polar surface area (TPSA) is 127 Å². The highest BCUT2D eigenvalue weighted by atomic mass is 16.4. The van der Waals surface area contributed by atoms with Crippen molar-refractivity contribution < 1.29 is 24.3 Å². The molecule has 0 saturated carbocycles. The average molecular weight is 386 g/mol. The number of ketones is 2. The molecule has 0 saturated heterocycles. The van der Waals surface area contributed by atoms with E-state index in [-0.39, 0.29) is 44.8 Å².